The van der Waals surface area contributed by atoms with Gasteiger partial charge < -0.3 is 9.64 Å². The van der Waals surface area contributed by atoms with E-state index >= 15 is 0 Å². The van der Waals surface area contributed by atoms with Crippen LogP contribution in [0.1, 0.15) is 35.0 Å². The second-order valence-corrected chi connectivity index (χ2v) is 8.09. The molecule has 1 aromatic carbocycles. The summed E-state index contributed by atoms with van der Waals surface area (Å²) >= 11 is 1.40. The molecule has 1 saturated carbocycles. The van der Waals surface area contributed by atoms with Gasteiger partial charge in [-0.05, 0) is 30.4 Å². The van der Waals surface area contributed by atoms with Gasteiger partial charge in [0.2, 0.25) is 0 Å². The average molecular weight is 392 g/mol. The van der Waals surface area contributed by atoms with Crippen molar-refractivity contribution in [3.8, 4) is 10.8 Å². The summed E-state index contributed by atoms with van der Waals surface area (Å²) in [5, 5.41) is 2.46. The van der Waals surface area contributed by atoms with Crippen molar-refractivity contribution in [3.63, 3.8) is 0 Å². The Labute approximate surface area is 167 Å². The minimum absolute atomic E-state index is 0.0479. The van der Waals surface area contributed by atoms with E-state index in [1.807, 2.05) is 23.1 Å². The van der Waals surface area contributed by atoms with Crippen molar-refractivity contribution < 1.29 is 9.53 Å². The maximum Gasteiger partial charge on any atom is 0.273 e. The number of carbonyl (C=O) groups is 1. The number of thiazole rings is 1. The molecule has 142 valence electrons. The van der Waals surface area contributed by atoms with E-state index in [1.165, 1.54) is 24.2 Å². The molecule has 0 unspecified atom stereocenters. The summed E-state index contributed by atoms with van der Waals surface area (Å²) in [6.07, 6.45) is 5.72. The molecule has 28 heavy (non-hydrogen) atoms. The summed E-state index contributed by atoms with van der Waals surface area (Å²) in [5.74, 6) is 1.06. The Morgan fingerprint density at radius 3 is 2.61 bits per heavy atom. The summed E-state index contributed by atoms with van der Waals surface area (Å²) in [4.78, 5) is 28.0. The fourth-order valence-corrected chi connectivity index (χ4v) is 4.32. The molecule has 2 fully saturated rings. The molecule has 1 amide bonds. The SMILES string of the molecule is O=C(c1csc(-c2ncccn2)n1)N1C[C@@H](c2ccccc2)O[C@@H](C2CC2)C1. The van der Waals surface area contributed by atoms with E-state index in [0.717, 1.165) is 5.56 Å². The van der Waals surface area contributed by atoms with Gasteiger partial charge in [0.25, 0.3) is 5.91 Å². The Bertz CT molecular complexity index is 959. The number of benzene rings is 1. The molecule has 1 aliphatic heterocycles. The number of amides is 1. The van der Waals surface area contributed by atoms with Crippen LogP contribution in [0.2, 0.25) is 0 Å². The number of rotatable bonds is 4. The van der Waals surface area contributed by atoms with Crippen molar-refractivity contribution in [2.75, 3.05) is 13.1 Å². The number of ether oxygens (including phenoxy) is 1. The highest BCUT2D eigenvalue weighted by atomic mass is 32.1. The lowest BCUT2D eigenvalue weighted by Crippen LogP contribution is -2.47. The van der Waals surface area contributed by atoms with E-state index in [9.17, 15) is 4.79 Å². The topological polar surface area (TPSA) is 68.2 Å². The van der Waals surface area contributed by atoms with E-state index in [2.05, 4.69) is 27.1 Å². The van der Waals surface area contributed by atoms with Gasteiger partial charge in [-0.1, -0.05) is 30.3 Å². The van der Waals surface area contributed by atoms with Crippen molar-refractivity contribution in [2.45, 2.75) is 25.0 Å². The van der Waals surface area contributed by atoms with E-state index in [1.54, 1.807) is 23.8 Å². The maximum absolute atomic E-state index is 13.2. The summed E-state index contributed by atoms with van der Waals surface area (Å²) in [6.45, 7) is 1.17. The molecule has 0 radical (unpaired) electrons. The first kappa shape index (κ1) is 17.5. The Kier molecular flexibility index (Phi) is 4.62. The largest absolute Gasteiger partial charge is 0.366 e. The van der Waals surface area contributed by atoms with Crippen LogP contribution in [0.3, 0.4) is 0 Å². The molecule has 2 aliphatic rings. The molecule has 0 spiro atoms. The number of hydrogen-bond donors (Lipinski definition) is 0. The second-order valence-electron chi connectivity index (χ2n) is 7.23. The lowest BCUT2D eigenvalue weighted by molar-refractivity contribution is -0.0864. The number of nitrogens with zero attached hydrogens (tertiary/aromatic N) is 4. The molecule has 0 N–H and O–H groups in total. The van der Waals surface area contributed by atoms with Crippen molar-refractivity contribution in [2.24, 2.45) is 5.92 Å². The van der Waals surface area contributed by atoms with Crippen molar-refractivity contribution in [3.05, 3.63) is 65.4 Å². The van der Waals surface area contributed by atoms with E-state index in [4.69, 9.17) is 4.74 Å². The smallest absolute Gasteiger partial charge is 0.273 e. The molecular formula is C21H20N4O2S. The third-order valence-corrected chi connectivity index (χ3v) is 6.05. The van der Waals surface area contributed by atoms with Crippen molar-refractivity contribution >= 4 is 17.2 Å². The van der Waals surface area contributed by atoms with E-state index < -0.39 is 0 Å². The fourth-order valence-electron chi connectivity index (χ4n) is 3.58. The maximum atomic E-state index is 13.2. The van der Waals surface area contributed by atoms with Crippen molar-refractivity contribution in [1.29, 1.82) is 0 Å². The number of morpholine rings is 1. The van der Waals surface area contributed by atoms with Gasteiger partial charge in [-0.15, -0.1) is 11.3 Å². The first-order valence-corrected chi connectivity index (χ1v) is 10.4. The zero-order valence-electron chi connectivity index (χ0n) is 15.3. The molecule has 0 bridgehead atoms. The van der Waals surface area contributed by atoms with E-state index in [-0.39, 0.29) is 18.1 Å². The predicted molar refractivity (Wildman–Crippen MR) is 106 cm³/mol. The fraction of sp³-hybridized carbons (Fsp3) is 0.333. The van der Waals surface area contributed by atoms with Gasteiger partial charge >= 0.3 is 0 Å². The van der Waals surface area contributed by atoms with Crippen LogP contribution in [-0.2, 0) is 4.74 Å². The van der Waals surface area contributed by atoms with Gasteiger partial charge in [-0.25, -0.2) is 15.0 Å². The van der Waals surface area contributed by atoms with Crippen LogP contribution >= 0.6 is 11.3 Å². The molecule has 3 aromatic rings. The van der Waals surface area contributed by atoms with Crippen LogP contribution in [0, 0.1) is 5.92 Å². The average Bonchev–Trinajstić information content (AvgIpc) is 3.51. The third kappa shape index (κ3) is 3.55. The first-order chi connectivity index (χ1) is 13.8. The number of hydrogen-bond acceptors (Lipinski definition) is 6. The molecule has 7 heteroatoms. The van der Waals surface area contributed by atoms with Gasteiger partial charge in [0.05, 0.1) is 12.6 Å². The lowest BCUT2D eigenvalue weighted by Gasteiger charge is -2.38. The summed E-state index contributed by atoms with van der Waals surface area (Å²) < 4.78 is 6.36. The van der Waals surface area contributed by atoms with Crippen LogP contribution in [0.5, 0.6) is 0 Å². The highest BCUT2D eigenvalue weighted by molar-refractivity contribution is 7.13. The Morgan fingerprint density at radius 2 is 1.86 bits per heavy atom. The molecule has 6 nitrogen and oxygen atoms in total. The number of aromatic nitrogens is 3. The monoisotopic (exact) mass is 392 g/mol. The summed E-state index contributed by atoms with van der Waals surface area (Å²) in [6, 6.07) is 11.9. The zero-order valence-corrected chi connectivity index (χ0v) is 16.1. The zero-order chi connectivity index (χ0) is 18.9. The first-order valence-electron chi connectivity index (χ1n) is 9.50. The predicted octanol–water partition coefficient (Wildman–Crippen LogP) is 3.59. The molecular weight excluding hydrogens is 372 g/mol. The highest BCUT2D eigenvalue weighted by Crippen LogP contribution is 2.39. The van der Waals surface area contributed by atoms with Crippen LogP contribution in [0.15, 0.2) is 54.2 Å². The van der Waals surface area contributed by atoms with Gasteiger partial charge in [-0.3, -0.25) is 4.79 Å². The summed E-state index contributed by atoms with van der Waals surface area (Å²) in [7, 11) is 0. The summed E-state index contributed by atoms with van der Waals surface area (Å²) in [5.41, 5.74) is 1.57. The molecule has 1 saturated heterocycles. The Morgan fingerprint density at radius 1 is 1.07 bits per heavy atom. The minimum Gasteiger partial charge on any atom is -0.366 e. The molecule has 1 aliphatic carbocycles. The van der Waals surface area contributed by atoms with Crippen LogP contribution in [0.4, 0.5) is 0 Å². The highest BCUT2D eigenvalue weighted by Gasteiger charge is 2.40. The van der Waals surface area contributed by atoms with E-state index in [0.29, 0.717) is 35.5 Å². The van der Waals surface area contributed by atoms with Crippen LogP contribution in [-0.4, -0.2) is 45.0 Å². The van der Waals surface area contributed by atoms with Crippen LogP contribution in [0.25, 0.3) is 10.8 Å². The Hall–Kier alpha value is -2.64. The standard InChI is InChI=1S/C21H20N4O2S/c26-21(16-13-28-20(24-16)19-22-9-4-10-23-19)25-11-17(14-5-2-1-3-6-14)27-18(12-25)15-7-8-15/h1-6,9-10,13,15,17-18H,7-8,11-12H2/t17-,18+/m0/s1. The minimum atomic E-state index is -0.0972. The van der Waals surface area contributed by atoms with Crippen molar-refractivity contribution in [1.82, 2.24) is 19.9 Å². The van der Waals surface area contributed by atoms with Gasteiger partial charge in [0, 0.05) is 24.3 Å². The van der Waals surface area contributed by atoms with Gasteiger partial charge in [-0.2, -0.15) is 0 Å². The molecule has 3 heterocycles. The van der Waals surface area contributed by atoms with Gasteiger partial charge in [0.1, 0.15) is 11.8 Å². The third-order valence-electron chi connectivity index (χ3n) is 5.21. The molecule has 2 atom stereocenters. The number of carbonyl (C=O) groups excluding carboxylic acids is 1. The Balaban J connectivity index is 1.38. The second kappa shape index (κ2) is 7.41. The van der Waals surface area contributed by atoms with Crippen LogP contribution < -0.4 is 0 Å². The normalized spacial score (nSPS) is 22.2. The molecule has 5 rings (SSSR count). The van der Waals surface area contributed by atoms with Gasteiger partial charge in [0.15, 0.2) is 10.8 Å². The molecule has 2 aromatic heterocycles. The lowest BCUT2D eigenvalue weighted by atomic mass is 10.0. The quantitative estimate of drug-likeness (QED) is 0.679.